The van der Waals surface area contributed by atoms with E-state index in [1.54, 1.807) is 0 Å². The predicted octanol–water partition coefficient (Wildman–Crippen LogP) is -1.26. The van der Waals surface area contributed by atoms with Crippen LogP contribution in [0.5, 0.6) is 0 Å². The van der Waals surface area contributed by atoms with E-state index in [0.717, 1.165) is 0 Å². The van der Waals surface area contributed by atoms with Crippen molar-refractivity contribution in [1.82, 2.24) is 0 Å². The van der Waals surface area contributed by atoms with Crippen LogP contribution < -0.4 is 0 Å². The third kappa shape index (κ3) is 2.16. The lowest BCUT2D eigenvalue weighted by Gasteiger charge is -1.44. The molecule has 0 unspecified atom stereocenters. The molecule has 4 heavy (non-hydrogen) atoms. The maximum Gasteiger partial charge on any atom is 0.273 e. The highest BCUT2D eigenvalue weighted by Crippen LogP contribution is 1.37. The lowest BCUT2D eigenvalue weighted by Crippen LogP contribution is -1.76. The Labute approximate surface area is 27.9 Å². The van der Waals surface area contributed by atoms with Crippen LogP contribution in [0.1, 0.15) is 0 Å². The van der Waals surface area contributed by atoms with E-state index in [0.29, 0.717) is 0 Å². The molecule has 0 fully saturated rings. The quantitative estimate of drug-likeness (QED) is 0.293. The summed E-state index contributed by atoms with van der Waals surface area (Å²) in [5, 5.41) is 0. The van der Waals surface area contributed by atoms with Gasteiger partial charge >= 0.3 is 0 Å². The minimum Gasteiger partial charge on any atom is -0.394 e. The summed E-state index contributed by atoms with van der Waals surface area (Å²) in [6.45, 7) is 0. The molecule has 0 saturated carbocycles. The fraction of sp³-hybridized carbons (Fsp3) is 0. The molecule has 0 radical (unpaired) electrons. The number of hydrogen-bond acceptors (Lipinski definition) is 1. The Bertz CT molecular complexity index is 20.0. The Morgan fingerprint density at radius 1 is 2.00 bits per heavy atom. The highest BCUT2D eigenvalue weighted by atomic mass is 29.2. The van der Waals surface area contributed by atoms with E-state index in [4.69, 9.17) is 4.46 Å². The van der Waals surface area contributed by atoms with Gasteiger partial charge < -0.3 is 8.57 Å². The Kier molecular flexibility index (Phi) is 3.29. The van der Waals surface area contributed by atoms with Crippen LogP contribution in [0.15, 0.2) is 0 Å². The van der Waals surface area contributed by atoms with Gasteiger partial charge in [-0.25, -0.2) is 0 Å². The van der Waals surface area contributed by atoms with Gasteiger partial charge in [0, 0.05) is 0 Å². The largest absolute Gasteiger partial charge is 0.394 e. The second kappa shape index (κ2) is 3.16. The fourth-order valence-corrected chi connectivity index (χ4v) is 0. The van der Waals surface area contributed by atoms with Gasteiger partial charge in [-0.2, -0.15) is 0 Å². The molecule has 1 nitrogen and oxygen atoms in total. The van der Waals surface area contributed by atoms with E-state index >= 15 is 0 Å². The van der Waals surface area contributed by atoms with Crippen LogP contribution in [-0.2, 0) is 4.46 Å². The molecule has 24 valence electrons. The smallest absolute Gasteiger partial charge is 0.273 e. The predicted molar refractivity (Wildman–Crippen MR) is 17.5 cm³/mol. The van der Waals surface area contributed by atoms with Crippen molar-refractivity contribution in [2.75, 3.05) is 0 Å². The molecule has 0 saturated heterocycles. The van der Waals surface area contributed by atoms with Gasteiger partial charge in [0.1, 0.15) is 0 Å². The molecule has 0 bridgehead atoms. The van der Waals surface area contributed by atoms with Crippen LogP contribution in [-0.4, -0.2) is 18.3 Å². The third-order valence-corrected chi connectivity index (χ3v) is 0.567. The first-order chi connectivity index (χ1) is 1.91. The van der Waals surface area contributed by atoms with Crippen molar-refractivity contribution in [2.45, 2.75) is 0 Å². The highest BCUT2D eigenvalue weighted by Gasteiger charge is 1.65. The molecule has 4 heteroatoms. The van der Waals surface area contributed by atoms with Gasteiger partial charge in [-0.05, 0) is 0 Å². The molecule has 0 heterocycles. The zero-order valence-electron chi connectivity index (χ0n) is 2.07. The summed E-state index contributed by atoms with van der Waals surface area (Å²) in [5.41, 5.74) is 0. The van der Waals surface area contributed by atoms with Gasteiger partial charge in [0.15, 0.2) is 0 Å². The second-order valence-electron chi connectivity index (χ2n) is 0.321. The second-order valence-corrected chi connectivity index (χ2v) is 2.89. The molecule has 0 aliphatic heterocycles. The molecule has 0 aromatic rings. The summed E-state index contributed by atoms with van der Waals surface area (Å²) < 4.78 is 19.7. The minimum absolute atomic E-state index is 0.995. The van der Waals surface area contributed by atoms with Gasteiger partial charge in [0.05, 0.1) is 0 Å². The maximum atomic E-state index is 10.6. The average Bonchev–Trinajstić information content (AvgIpc) is 1.37. The van der Waals surface area contributed by atoms with Gasteiger partial charge in [0.25, 0.3) is 18.3 Å². The number of hydrogen-bond donors (Lipinski definition) is 0. The third-order valence-electron chi connectivity index (χ3n) is 0.0630. The monoisotopic (exact) mass is 94.0 g/mol. The van der Waals surface area contributed by atoms with Crippen molar-refractivity contribution >= 4 is 18.3 Å². The van der Waals surface area contributed by atoms with E-state index < -0.39 is 18.3 Å². The van der Waals surface area contributed by atoms with Gasteiger partial charge in [-0.3, -0.25) is 0 Å². The van der Waals surface area contributed by atoms with E-state index in [1.807, 2.05) is 0 Å². The summed E-state index contributed by atoms with van der Waals surface area (Å²) in [7, 11) is -2.54. The SMILES string of the molecule is O=[SiH][SiH2]F. The topological polar surface area (TPSA) is 17.1 Å². The molecule has 0 amide bonds. The summed E-state index contributed by atoms with van der Waals surface area (Å²) in [4.78, 5) is 0. The molecule has 0 aliphatic carbocycles. The molecule has 0 aromatic carbocycles. The first kappa shape index (κ1) is 4.16. The van der Waals surface area contributed by atoms with Crippen LogP contribution in [0.3, 0.4) is 0 Å². The number of rotatable bonds is 1. The summed E-state index contributed by atoms with van der Waals surface area (Å²) >= 11 is 0. The van der Waals surface area contributed by atoms with E-state index in [9.17, 15) is 4.11 Å². The van der Waals surface area contributed by atoms with Crippen molar-refractivity contribution in [3.63, 3.8) is 0 Å². The molecule has 0 spiro atoms. The van der Waals surface area contributed by atoms with E-state index in [2.05, 4.69) is 0 Å². The first-order valence-electron chi connectivity index (χ1n) is 0.911. The van der Waals surface area contributed by atoms with Crippen molar-refractivity contribution in [3.8, 4) is 0 Å². The summed E-state index contributed by atoms with van der Waals surface area (Å²) in [5.74, 6) is 0. The lowest BCUT2D eigenvalue weighted by molar-refractivity contribution is 0.584. The molecule has 0 aromatic heterocycles. The molecule has 0 aliphatic rings. The van der Waals surface area contributed by atoms with Gasteiger partial charge in [0.2, 0.25) is 0 Å². The molecular formula is H3FOSi2. The first-order valence-corrected chi connectivity index (χ1v) is 5.18. The van der Waals surface area contributed by atoms with Crippen LogP contribution in [0.25, 0.3) is 0 Å². The van der Waals surface area contributed by atoms with Gasteiger partial charge in [-0.1, -0.05) is 0 Å². The zero-order valence-corrected chi connectivity index (χ0v) is 4.64. The van der Waals surface area contributed by atoms with E-state index in [1.165, 1.54) is 0 Å². The summed E-state index contributed by atoms with van der Waals surface area (Å²) in [6, 6.07) is 0. The van der Waals surface area contributed by atoms with Crippen molar-refractivity contribution in [3.05, 3.63) is 0 Å². The lowest BCUT2D eigenvalue weighted by atomic mass is 16.0. The highest BCUT2D eigenvalue weighted by molar-refractivity contribution is 6.88. The molecule has 0 N–H and O–H groups in total. The Balaban J connectivity index is 2.30. The maximum absolute atomic E-state index is 10.6. The standard InChI is InChI=1S/FH3OSi2/c1-3-4-2/h4H,3H2. The average molecular weight is 94.2 g/mol. The van der Waals surface area contributed by atoms with Crippen molar-refractivity contribution in [2.24, 2.45) is 0 Å². The van der Waals surface area contributed by atoms with Crippen LogP contribution in [0, 0.1) is 0 Å². The normalized spacial score (nSPS) is 9.25. The van der Waals surface area contributed by atoms with Crippen LogP contribution >= 0.6 is 0 Å². The van der Waals surface area contributed by atoms with E-state index in [-0.39, 0.29) is 0 Å². The Morgan fingerprint density at radius 2 is 2.25 bits per heavy atom. The van der Waals surface area contributed by atoms with Crippen LogP contribution in [0.4, 0.5) is 4.11 Å². The zero-order chi connectivity index (χ0) is 3.41. The Hall–Kier alpha value is 0.164. The summed E-state index contributed by atoms with van der Waals surface area (Å²) in [6.07, 6.45) is 0. The van der Waals surface area contributed by atoms with Gasteiger partial charge in [-0.15, -0.1) is 0 Å². The van der Waals surface area contributed by atoms with Crippen molar-refractivity contribution in [1.29, 1.82) is 0 Å². The molecule has 0 atom stereocenters. The fourth-order valence-electron chi connectivity index (χ4n) is 0. The van der Waals surface area contributed by atoms with Crippen LogP contribution in [0.2, 0.25) is 0 Å². The van der Waals surface area contributed by atoms with Crippen molar-refractivity contribution < 1.29 is 8.57 Å². The Morgan fingerprint density at radius 3 is 2.25 bits per heavy atom. The minimum atomic E-state index is -1.55. The molecule has 0 rings (SSSR count). The molecular weight excluding hydrogens is 91.2 g/mol. The number of halogens is 1.